The number of pyridine rings is 1. The van der Waals surface area contributed by atoms with Gasteiger partial charge in [0.05, 0.1) is 30.0 Å². The van der Waals surface area contributed by atoms with E-state index < -0.39 is 11.6 Å². The molecule has 9 heteroatoms. The van der Waals surface area contributed by atoms with E-state index in [2.05, 4.69) is 28.4 Å². The first-order valence-corrected chi connectivity index (χ1v) is 12.9. The van der Waals surface area contributed by atoms with Crippen LogP contribution in [0.15, 0.2) is 42.7 Å². The fourth-order valence-electron chi connectivity index (χ4n) is 5.52. The maximum Gasteiger partial charge on any atom is 0.274 e. The number of hydrogen-bond donors (Lipinski definition) is 2. The minimum Gasteiger partial charge on any atom is -0.389 e. The Hall–Kier alpha value is -2.98. The monoisotopic (exact) mass is 507 g/mol. The van der Waals surface area contributed by atoms with E-state index in [4.69, 9.17) is 14.5 Å². The summed E-state index contributed by atoms with van der Waals surface area (Å²) in [7, 11) is 5.36. The van der Waals surface area contributed by atoms with Crippen molar-refractivity contribution in [1.82, 2.24) is 19.6 Å². The number of rotatable bonds is 7. The topological polar surface area (TPSA) is 91.6 Å². The van der Waals surface area contributed by atoms with E-state index in [1.807, 2.05) is 36.7 Å². The summed E-state index contributed by atoms with van der Waals surface area (Å²) in [5.41, 5.74) is 5.09. The van der Waals surface area contributed by atoms with Crippen LogP contribution in [0, 0.1) is 0 Å². The van der Waals surface area contributed by atoms with Crippen LogP contribution in [0.4, 0.5) is 5.69 Å². The van der Waals surface area contributed by atoms with Gasteiger partial charge in [0, 0.05) is 65.4 Å². The number of likely N-dealkylation sites (N-methyl/N-ethyl adjacent to an activating group) is 1. The molecular weight excluding hydrogens is 470 g/mol. The van der Waals surface area contributed by atoms with Crippen LogP contribution in [-0.4, -0.2) is 84.4 Å². The van der Waals surface area contributed by atoms with Crippen molar-refractivity contribution in [3.8, 4) is 0 Å². The molecule has 2 aliphatic heterocycles. The molecule has 198 valence electrons. The van der Waals surface area contributed by atoms with Gasteiger partial charge >= 0.3 is 0 Å². The van der Waals surface area contributed by atoms with Gasteiger partial charge < -0.3 is 34.1 Å². The average molecular weight is 508 g/mol. The van der Waals surface area contributed by atoms with Crippen molar-refractivity contribution in [2.45, 2.75) is 44.1 Å². The molecule has 3 aromatic rings. The van der Waals surface area contributed by atoms with Gasteiger partial charge in [-0.15, -0.1) is 0 Å². The van der Waals surface area contributed by atoms with E-state index >= 15 is 0 Å². The van der Waals surface area contributed by atoms with Crippen LogP contribution in [0.1, 0.15) is 46.6 Å². The second kappa shape index (κ2) is 10.4. The lowest BCUT2D eigenvalue weighted by atomic mass is 9.76. The van der Waals surface area contributed by atoms with Gasteiger partial charge in [0.25, 0.3) is 5.91 Å². The molecule has 1 unspecified atom stereocenters. The van der Waals surface area contributed by atoms with E-state index in [9.17, 15) is 9.90 Å². The summed E-state index contributed by atoms with van der Waals surface area (Å²) >= 11 is 0. The molecule has 1 saturated heterocycles. The Morgan fingerprint density at radius 1 is 1.30 bits per heavy atom. The number of methoxy groups -OCH3 is 2. The molecule has 1 aromatic carbocycles. The van der Waals surface area contributed by atoms with Gasteiger partial charge in [-0.3, -0.25) is 4.79 Å². The predicted octanol–water partition coefficient (Wildman–Crippen LogP) is 2.42. The van der Waals surface area contributed by atoms with Gasteiger partial charge in [-0.1, -0.05) is 24.3 Å². The number of β-amino-alcohol motifs (C(OH)–C–C–N with tert-alkyl or cyclic N) is 1. The highest BCUT2D eigenvalue weighted by molar-refractivity contribution is 5.93. The molecule has 4 heterocycles. The normalized spacial score (nSPS) is 22.3. The lowest BCUT2D eigenvalue weighted by molar-refractivity contribution is -0.0140. The molecule has 0 radical (unpaired) electrons. The minimum absolute atomic E-state index is 0.167. The SMILES string of the molecule is COCCN(C)c1cc(C(C)OC)c2nc(C(=O)N3CC[C@]4(Cc5ccccc5CN4)[C@H](O)C3)cn2c1. The Kier molecular flexibility index (Phi) is 7.22. The first kappa shape index (κ1) is 25.7. The number of aromatic nitrogens is 2. The fraction of sp³-hybridized carbons (Fsp3) is 0.500. The Labute approximate surface area is 218 Å². The standard InChI is InChI=1S/C28H37N5O4/c1-19(37-4)23-13-22(31(2)11-12-36-3)16-33-17-24(30-26(23)33)27(35)32-10-9-28(25(34)18-32)14-20-7-5-6-8-21(20)15-29-28/h5-8,13,16-17,19,25,29,34H,9-12,14-15,18H2,1-4H3/t19?,25-,28+/m1/s1. The number of carbonyl (C=O) groups excluding carboxylic acids is 1. The fourth-order valence-corrected chi connectivity index (χ4v) is 5.52. The molecule has 0 bridgehead atoms. The predicted molar refractivity (Wildman–Crippen MR) is 142 cm³/mol. The molecule has 2 N–H and O–H groups in total. The zero-order valence-electron chi connectivity index (χ0n) is 22.1. The van der Waals surface area contributed by atoms with Gasteiger partial charge in [-0.2, -0.15) is 0 Å². The van der Waals surface area contributed by atoms with E-state index in [0.717, 1.165) is 30.8 Å². The van der Waals surface area contributed by atoms with Crippen molar-refractivity contribution < 1.29 is 19.4 Å². The highest BCUT2D eigenvalue weighted by atomic mass is 16.5. The van der Waals surface area contributed by atoms with E-state index in [1.165, 1.54) is 11.1 Å². The molecule has 3 atom stereocenters. The highest BCUT2D eigenvalue weighted by Crippen LogP contribution is 2.33. The van der Waals surface area contributed by atoms with Crippen LogP contribution in [-0.2, 0) is 22.4 Å². The largest absolute Gasteiger partial charge is 0.389 e. The molecular formula is C28H37N5O4. The van der Waals surface area contributed by atoms with Crippen LogP contribution in [0.3, 0.4) is 0 Å². The minimum atomic E-state index is -0.666. The van der Waals surface area contributed by atoms with E-state index in [0.29, 0.717) is 30.9 Å². The molecule has 1 amide bonds. The van der Waals surface area contributed by atoms with Crippen molar-refractivity contribution in [3.63, 3.8) is 0 Å². The summed E-state index contributed by atoms with van der Waals surface area (Å²) in [6.07, 6.45) is 4.34. The van der Waals surface area contributed by atoms with Crippen LogP contribution >= 0.6 is 0 Å². The van der Waals surface area contributed by atoms with Gasteiger partial charge in [-0.05, 0) is 37.0 Å². The number of ether oxygens (including phenoxy) is 2. The molecule has 37 heavy (non-hydrogen) atoms. The number of benzene rings is 1. The van der Waals surface area contributed by atoms with Gasteiger partial charge in [0.1, 0.15) is 11.3 Å². The summed E-state index contributed by atoms with van der Waals surface area (Å²) in [6, 6.07) is 10.4. The number of fused-ring (bicyclic) bond motifs is 2. The highest BCUT2D eigenvalue weighted by Gasteiger charge is 2.45. The van der Waals surface area contributed by atoms with E-state index in [-0.39, 0.29) is 18.6 Å². The first-order valence-electron chi connectivity index (χ1n) is 12.9. The zero-order valence-corrected chi connectivity index (χ0v) is 22.1. The number of anilines is 1. The molecule has 0 saturated carbocycles. The number of likely N-dealkylation sites (tertiary alicyclic amines) is 1. The van der Waals surface area contributed by atoms with Crippen LogP contribution in [0.5, 0.6) is 0 Å². The summed E-state index contributed by atoms with van der Waals surface area (Å²) in [5.74, 6) is -0.167. The van der Waals surface area contributed by atoms with Crippen LogP contribution in [0.2, 0.25) is 0 Å². The number of nitrogens with one attached hydrogen (secondary N) is 1. The number of hydrogen-bond acceptors (Lipinski definition) is 7. The number of amides is 1. The number of aliphatic hydroxyl groups excluding tert-OH is 1. The number of nitrogens with zero attached hydrogens (tertiary/aromatic N) is 4. The molecule has 5 rings (SSSR count). The third kappa shape index (κ3) is 4.84. The quantitative estimate of drug-likeness (QED) is 0.508. The van der Waals surface area contributed by atoms with Crippen molar-refractivity contribution in [3.05, 3.63) is 65.1 Å². The lowest BCUT2D eigenvalue weighted by Gasteiger charge is -2.48. The van der Waals surface area contributed by atoms with Crippen molar-refractivity contribution in [1.29, 1.82) is 0 Å². The zero-order chi connectivity index (χ0) is 26.2. The number of carbonyl (C=O) groups is 1. The molecule has 9 nitrogen and oxygen atoms in total. The number of aliphatic hydroxyl groups is 1. The lowest BCUT2D eigenvalue weighted by Crippen LogP contribution is -2.65. The molecule has 0 aliphatic carbocycles. The summed E-state index contributed by atoms with van der Waals surface area (Å²) < 4.78 is 12.7. The second-order valence-electron chi connectivity index (χ2n) is 10.3. The van der Waals surface area contributed by atoms with Gasteiger partial charge in [0.2, 0.25) is 0 Å². The Balaban J connectivity index is 1.38. The van der Waals surface area contributed by atoms with E-state index in [1.54, 1.807) is 25.3 Å². The third-order valence-corrected chi connectivity index (χ3v) is 8.05. The van der Waals surface area contributed by atoms with Crippen LogP contribution in [0.25, 0.3) is 5.65 Å². The maximum atomic E-state index is 13.6. The maximum absolute atomic E-state index is 13.6. The molecule has 2 aliphatic rings. The van der Waals surface area contributed by atoms with Crippen LogP contribution < -0.4 is 10.2 Å². The van der Waals surface area contributed by atoms with Crippen molar-refractivity contribution in [2.75, 3.05) is 52.4 Å². The molecule has 1 fully saturated rings. The molecule has 1 spiro atoms. The Bertz CT molecular complexity index is 1280. The summed E-state index contributed by atoms with van der Waals surface area (Å²) in [5, 5.41) is 14.8. The van der Waals surface area contributed by atoms with Gasteiger partial charge in [-0.25, -0.2) is 4.98 Å². The van der Waals surface area contributed by atoms with Crippen molar-refractivity contribution >= 4 is 17.2 Å². The Morgan fingerprint density at radius 3 is 2.81 bits per heavy atom. The molecule has 2 aromatic heterocycles. The summed E-state index contributed by atoms with van der Waals surface area (Å²) in [6.45, 7) is 4.88. The van der Waals surface area contributed by atoms with Gasteiger partial charge in [0.15, 0.2) is 0 Å². The number of piperidine rings is 1. The first-order chi connectivity index (χ1) is 17.8. The number of imidazole rings is 1. The van der Waals surface area contributed by atoms with Crippen molar-refractivity contribution in [2.24, 2.45) is 0 Å². The smallest absolute Gasteiger partial charge is 0.274 e. The second-order valence-corrected chi connectivity index (χ2v) is 10.3. The summed E-state index contributed by atoms with van der Waals surface area (Å²) in [4.78, 5) is 22.1. The third-order valence-electron chi connectivity index (χ3n) is 8.05. The average Bonchev–Trinajstić information content (AvgIpc) is 3.36. The Morgan fingerprint density at radius 2 is 2.08 bits per heavy atom.